The summed E-state index contributed by atoms with van der Waals surface area (Å²) in [6, 6.07) is 9.39. The van der Waals surface area contributed by atoms with E-state index in [0.29, 0.717) is 52.8 Å². The monoisotopic (exact) mass is 576 g/mol. The number of ketones is 2. The molecule has 3 heterocycles. The zero-order valence-electron chi connectivity index (χ0n) is 23.6. The first kappa shape index (κ1) is 28.4. The predicted octanol–water partition coefficient (Wildman–Crippen LogP) is 5.79. The third-order valence-electron chi connectivity index (χ3n) is 6.97. The molecule has 1 saturated heterocycles. The van der Waals surface area contributed by atoms with Crippen LogP contribution >= 0.6 is 11.3 Å². The summed E-state index contributed by atoms with van der Waals surface area (Å²) in [5.41, 5.74) is 2.21. The first-order valence-electron chi connectivity index (χ1n) is 13.6. The van der Waals surface area contributed by atoms with Gasteiger partial charge in [0, 0.05) is 18.9 Å². The van der Waals surface area contributed by atoms with Crippen LogP contribution < -0.4 is 19.1 Å². The molecule has 3 aromatic rings. The van der Waals surface area contributed by atoms with Crippen LogP contribution in [0.4, 0.5) is 5.13 Å². The maximum Gasteiger partial charge on any atom is 0.301 e. The van der Waals surface area contributed by atoms with Gasteiger partial charge in [-0.15, -0.1) is 0 Å². The molecule has 1 amide bonds. The predicted molar refractivity (Wildman–Crippen MR) is 155 cm³/mol. The topological polar surface area (TPSA) is 115 Å². The van der Waals surface area contributed by atoms with E-state index in [1.807, 2.05) is 20.8 Å². The number of aliphatic hydroxyl groups excluding tert-OH is 1. The number of rotatable bonds is 9. The lowest BCUT2D eigenvalue weighted by Crippen LogP contribution is -2.29. The second-order valence-corrected chi connectivity index (χ2v) is 11.1. The standard InChI is InChI=1S/C31H32N2O7S/c1-6-12-39-23-11-8-19(15-24(23)38-7-2)26-25(27(35)20-9-10-22-21(14-20)13-16(3)40-22)28(36)30(37)33(26)31-32-17(4)29(41-31)18(5)34/h8-11,14-16,26,35H,6-7,12-13H2,1-5H3/b27-25-. The zero-order valence-corrected chi connectivity index (χ0v) is 24.5. The Bertz CT molecular complexity index is 1570. The Kier molecular flexibility index (Phi) is 7.86. The number of thiazole rings is 1. The fraction of sp³-hybridized carbons (Fsp3) is 0.355. The van der Waals surface area contributed by atoms with Crippen LogP contribution in [0.25, 0.3) is 5.76 Å². The maximum absolute atomic E-state index is 13.6. The van der Waals surface area contributed by atoms with Crippen molar-refractivity contribution in [1.29, 1.82) is 0 Å². The molecule has 214 valence electrons. The minimum Gasteiger partial charge on any atom is -0.507 e. The number of Topliss-reactive ketones (excluding diaryl/α,β-unsaturated/α-hetero) is 2. The molecule has 0 saturated carbocycles. The van der Waals surface area contributed by atoms with Crippen LogP contribution in [0.5, 0.6) is 17.2 Å². The van der Waals surface area contributed by atoms with Gasteiger partial charge in [0.25, 0.3) is 5.78 Å². The van der Waals surface area contributed by atoms with Gasteiger partial charge in [0.2, 0.25) is 0 Å². The van der Waals surface area contributed by atoms with Gasteiger partial charge in [0.05, 0.1) is 35.4 Å². The van der Waals surface area contributed by atoms with Crippen molar-refractivity contribution in [3.8, 4) is 17.2 Å². The van der Waals surface area contributed by atoms with Gasteiger partial charge in [0.15, 0.2) is 22.4 Å². The van der Waals surface area contributed by atoms with Crippen molar-refractivity contribution in [2.24, 2.45) is 0 Å². The number of aliphatic hydroxyl groups is 1. The normalized spacial score (nSPS) is 19.3. The van der Waals surface area contributed by atoms with Gasteiger partial charge in [0.1, 0.15) is 17.6 Å². The number of aromatic nitrogens is 1. The molecular weight excluding hydrogens is 544 g/mol. The first-order valence-corrected chi connectivity index (χ1v) is 14.4. The highest BCUT2D eigenvalue weighted by molar-refractivity contribution is 7.18. The van der Waals surface area contributed by atoms with Crippen molar-refractivity contribution in [3.05, 3.63) is 69.2 Å². The van der Waals surface area contributed by atoms with Crippen molar-refractivity contribution in [3.63, 3.8) is 0 Å². The van der Waals surface area contributed by atoms with Crippen LogP contribution in [0.3, 0.4) is 0 Å². The Balaban J connectivity index is 1.70. The van der Waals surface area contributed by atoms with E-state index >= 15 is 0 Å². The molecule has 2 atom stereocenters. The molecule has 10 heteroatoms. The number of anilines is 1. The average molecular weight is 577 g/mol. The van der Waals surface area contributed by atoms with Crippen molar-refractivity contribution < 1.29 is 33.7 Å². The number of carbonyl (C=O) groups excluding carboxylic acids is 3. The number of ether oxygens (including phenoxy) is 3. The summed E-state index contributed by atoms with van der Waals surface area (Å²) in [7, 11) is 0. The number of amides is 1. The van der Waals surface area contributed by atoms with Crippen molar-refractivity contribution in [1.82, 2.24) is 4.98 Å². The van der Waals surface area contributed by atoms with Crippen molar-refractivity contribution >= 4 is 39.7 Å². The van der Waals surface area contributed by atoms with E-state index in [9.17, 15) is 19.5 Å². The van der Waals surface area contributed by atoms with Crippen LogP contribution in [-0.4, -0.2) is 46.9 Å². The van der Waals surface area contributed by atoms with E-state index < -0.39 is 17.7 Å². The molecule has 41 heavy (non-hydrogen) atoms. The number of benzene rings is 2. The molecule has 5 rings (SSSR count). The Labute approximate surface area is 242 Å². The van der Waals surface area contributed by atoms with Crippen LogP contribution in [0, 0.1) is 6.92 Å². The lowest BCUT2D eigenvalue weighted by molar-refractivity contribution is -0.132. The Morgan fingerprint density at radius 1 is 1.15 bits per heavy atom. The number of hydrogen-bond acceptors (Lipinski definition) is 9. The summed E-state index contributed by atoms with van der Waals surface area (Å²) in [4.78, 5) is 45.6. The van der Waals surface area contributed by atoms with E-state index in [-0.39, 0.29) is 28.4 Å². The van der Waals surface area contributed by atoms with Gasteiger partial charge in [-0.05, 0) is 68.7 Å². The van der Waals surface area contributed by atoms with E-state index in [1.54, 1.807) is 43.3 Å². The SMILES string of the molecule is CCCOc1ccc(C2/C(=C(/O)c3ccc4c(c3)CC(C)O4)C(=O)C(=O)N2c2nc(C)c(C(C)=O)s2)cc1OCC. The van der Waals surface area contributed by atoms with Crippen LogP contribution in [0.2, 0.25) is 0 Å². The summed E-state index contributed by atoms with van der Waals surface area (Å²) < 4.78 is 17.5. The zero-order chi connectivity index (χ0) is 29.4. The summed E-state index contributed by atoms with van der Waals surface area (Å²) in [5, 5.41) is 11.8. The number of hydrogen-bond donors (Lipinski definition) is 1. The van der Waals surface area contributed by atoms with Crippen LogP contribution in [0.15, 0.2) is 42.0 Å². The largest absolute Gasteiger partial charge is 0.507 e. The summed E-state index contributed by atoms with van der Waals surface area (Å²) >= 11 is 1.04. The average Bonchev–Trinajstić information content (AvgIpc) is 3.59. The quantitative estimate of drug-likeness (QED) is 0.147. The molecule has 2 aromatic carbocycles. The molecular formula is C31H32N2O7S. The van der Waals surface area contributed by atoms with Gasteiger partial charge in [-0.1, -0.05) is 24.3 Å². The minimum atomic E-state index is -1.02. The lowest BCUT2D eigenvalue weighted by atomic mass is 9.94. The Morgan fingerprint density at radius 2 is 1.93 bits per heavy atom. The highest BCUT2D eigenvalue weighted by Gasteiger charge is 2.48. The van der Waals surface area contributed by atoms with Crippen LogP contribution in [0.1, 0.15) is 72.2 Å². The number of fused-ring (bicyclic) bond motifs is 1. The lowest BCUT2D eigenvalue weighted by Gasteiger charge is -2.24. The van der Waals surface area contributed by atoms with Gasteiger partial charge in [-0.2, -0.15) is 0 Å². The molecule has 2 aliphatic heterocycles. The molecule has 0 bridgehead atoms. The second kappa shape index (κ2) is 11.4. The highest BCUT2D eigenvalue weighted by atomic mass is 32.1. The molecule has 2 unspecified atom stereocenters. The fourth-order valence-electron chi connectivity index (χ4n) is 5.18. The number of aryl methyl sites for hydroxylation is 1. The molecule has 0 radical (unpaired) electrons. The summed E-state index contributed by atoms with van der Waals surface area (Å²) in [6.07, 6.45) is 1.47. The van der Waals surface area contributed by atoms with Gasteiger partial charge >= 0.3 is 5.91 Å². The van der Waals surface area contributed by atoms with Crippen molar-refractivity contribution in [2.45, 2.75) is 59.6 Å². The Morgan fingerprint density at radius 3 is 2.61 bits per heavy atom. The van der Waals surface area contributed by atoms with E-state index in [0.717, 1.165) is 29.1 Å². The van der Waals surface area contributed by atoms with Gasteiger partial charge < -0.3 is 19.3 Å². The van der Waals surface area contributed by atoms with Crippen LogP contribution in [-0.2, 0) is 16.0 Å². The second-order valence-electron chi connectivity index (χ2n) is 10.1. The molecule has 0 spiro atoms. The fourth-order valence-corrected chi connectivity index (χ4v) is 6.17. The molecule has 9 nitrogen and oxygen atoms in total. The van der Waals surface area contributed by atoms with Gasteiger partial charge in [-0.25, -0.2) is 4.98 Å². The molecule has 1 N–H and O–H groups in total. The number of nitrogens with zero attached hydrogens (tertiary/aromatic N) is 2. The minimum absolute atomic E-state index is 0.00187. The maximum atomic E-state index is 13.6. The smallest absolute Gasteiger partial charge is 0.301 e. The highest BCUT2D eigenvalue weighted by Crippen LogP contribution is 2.46. The van der Waals surface area contributed by atoms with Crippen molar-refractivity contribution in [2.75, 3.05) is 18.1 Å². The molecule has 1 aromatic heterocycles. The first-order chi connectivity index (χ1) is 19.6. The third kappa shape index (κ3) is 5.19. The summed E-state index contributed by atoms with van der Waals surface area (Å²) in [5.74, 6) is -0.474. The van der Waals surface area contributed by atoms with E-state index in [4.69, 9.17) is 14.2 Å². The number of carbonyl (C=O) groups is 3. The molecule has 2 aliphatic rings. The molecule has 1 fully saturated rings. The Hall–Kier alpha value is -4.18. The van der Waals surface area contributed by atoms with E-state index in [2.05, 4.69) is 4.98 Å². The van der Waals surface area contributed by atoms with Gasteiger partial charge in [-0.3, -0.25) is 19.3 Å². The third-order valence-corrected chi connectivity index (χ3v) is 8.23. The molecule has 0 aliphatic carbocycles. The van der Waals surface area contributed by atoms with E-state index in [1.165, 1.54) is 11.8 Å². The summed E-state index contributed by atoms with van der Waals surface area (Å²) in [6.45, 7) is 9.78.